The molecule has 1 heterocycles. The Kier molecular flexibility index (Phi) is 3.69. The first-order chi connectivity index (χ1) is 9.04. The molecule has 100 valence electrons. The maximum atomic E-state index is 12.3. The van der Waals surface area contributed by atoms with Crippen LogP contribution >= 0.6 is 0 Å². The summed E-state index contributed by atoms with van der Waals surface area (Å²) in [7, 11) is 0. The molecule has 4 heteroatoms. The van der Waals surface area contributed by atoms with Gasteiger partial charge in [0.1, 0.15) is 0 Å². The van der Waals surface area contributed by atoms with Crippen LogP contribution in [0.4, 0.5) is 0 Å². The van der Waals surface area contributed by atoms with Crippen LogP contribution in [0, 0.1) is 0 Å². The summed E-state index contributed by atoms with van der Waals surface area (Å²) in [4.78, 5) is 24.0. The lowest BCUT2D eigenvalue weighted by atomic mass is 10.1. The summed E-state index contributed by atoms with van der Waals surface area (Å²) in [6.45, 7) is 5.97. The molecule has 0 fully saturated rings. The zero-order chi connectivity index (χ0) is 14.0. The molecule has 0 amide bonds. The number of aromatic nitrogens is 1. The van der Waals surface area contributed by atoms with E-state index < -0.39 is 5.97 Å². The Morgan fingerprint density at radius 3 is 2.68 bits per heavy atom. The number of rotatable bonds is 3. The number of hydrogen-bond acceptors (Lipinski definition) is 3. The second kappa shape index (κ2) is 5.26. The standard InChI is InChI=1S/C15H17NO3/c1-4-19-15(18)12-6-5-11-7-8-16(10(2)3)14(17)13(11)9-12/h5-10H,4H2,1-3H3. The summed E-state index contributed by atoms with van der Waals surface area (Å²) in [5.74, 6) is -0.399. The average Bonchev–Trinajstić information content (AvgIpc) is 2.38. The van der Waals surface area contributed by atoms with Gasteiger partial charge >= 0.3 is 5.97 Å². The van der Waals surface area contributed by atoms with Gasteiger partial charge in [0.2, 0.25) is 0 Å². The first-order valence-corrected chi connectivity index (χ1v) is 6.36. The lowest BCUT2D eigenvalue weighted by Crippen LogP contribution is -2.21. The fourth-order valence-electron chi connectivity index (χ4n) is 2.00. The molecule has 0 saturated carbocycles. The van der Waals surface area contributed by atoms with Crippen LogP contribution in [0.1, 0.15) is 37.2 Å². The van der Waals surface area contributed by atoms with Gasteiger partial charge in [-0.15, -0.1) is 0 Å². The summed E-state index contributed by atoms with van der Waals surface area (Å²) in [5, 5.41) is 1.37. The number of esters is 1. The van der Waals surface area contributed by atoms with Crippen molar-refractivity contribution in [1.82, 2.24) is 4.57 Å². The van der Waals surface area contributed by atoms with E-state index in [9.17, 15) is 9.59 Å². The monoisotopic (exact) mass is 259 g/mol. The number of carbonyl (C=O) groups excluding carboxylic acids is 1. The van der Waals surface area contributed by atoms with E-state index in [0.29, 0.717) is 17.6 Å². The van der Waals surface area contributed by atoms with Crippen molar-refractivity contribution < 1.29 is 9.53 Å². The minimum Gasteiger partial charge on any atom is -0.462 e. The van der Waals surface area contributed by atoms with Crippen LogP contribution in [0.3, 0.4) is 0 Å². The van der Waals surface area contributed by atoms with Crippen LogP contribution in [0.25, 0.3) is 10.8 Å². The van der Waals surface area contributed by atoms with Crippen molar-refractivity contribution in [2.45, 2.75) is 26.8 Å². The largest absolute Gasteiger partial charge is 0.462 e. The van der Waals surface area contributed by atoms with Gasteiger partial charge in [-0.1, -0.05) is 6.07 Å². The van der Waals surface area contributed by atoms with Crippen LogP contribution in [-0.4, -0.2) is 17.1 Å². The SMILES string of the molecule is CCOC(=O)c1ccc2ccn(C(C)C)c(=O)c2c1. The minimum absolute atomic E-state index is 0.0846. The fourth-order valence-corrected chi connectivity index (χ4v) is 2.00. The van der Waals surface area contributed by atoms with Gasteiger partial charge in [-0.25, -0.2) is 4.79 Å². The van der Waals surface area contributed by atoms with E-state index >= 15 is 0 Å². The van der Waals surface area contributed by atoms with E-state index in [4.69, 9.17) is 4.74 Å². The molecule has 0 aliphatic heterocycles. The quantitative estimate of drug-likeness (QED) is 0.796. The highest BCUT2D eigenvalue weighted by atomic mass is 16.5. The van der Waals surface area contributed by atoms with Gasteiger partial charge < -0.3 is 9.30 Å². The molecule has 0 aliphatic carbocycles. The number of pyridine rings is 1. The zero-order valence-electron chi connectivity index (χ0n) is 11.3. The molecule has 1 aromatic carbocycles. The molecule has 0 aliphatic rings. The van der Waals surface area contributed by atoms with Gasteiger partial charge in [0.25, 0.3) is 5.56 Å². The third kappa shape index (κ3) is 2.52. The highest BCUT2D eigenvalue weighted by molar-refractivity contribution is 5.95. The van der Waals surface area contributed by atoms with E-state index in [2.05, 4.69) is 0 Å². The Morgan fingerprint density at radius 1 is 1.32 bits per heavy atom. The maximum Gasteiger partial charge on any atom is 0.338 e. The van der Waals surface area contributed by atoms with Crippen molar-refractivity contribution in [3.63, 3.8) is 0 Å². The van der Waals surface area contributed by atoms with E-state index in [-0.39, 0.29) is 11.6 Å². The molecule has 1 aromatic heterocycles. The fraction of sp³-hybridized carbons (Fsp3) is 0.333. The molecule has 2 aromatic rings. The van der Waals surface area contributed by atoms with E-state index in [1.165, 1.54) is 0 Å². The molecule has 0 N–H and O–H groups in total. The van der Waals surface area contributed by atoms with Gasteiger partial charge in [-0.2, -0.15) is 0 Å². The molecule has 0 saturated heterocycles. The van der Waals surface area contributed by atoms with Crippen molar-refractivity contribution in [3.8, 4) is 0 Å². The van der Waals surface area contributed by atoms with Crippen molar-refractivity contribution in [2.24, 2.45) is 0 Å². The van der Waals surface area contributed by atoms with Crippen LogP contribution < -0.4 is 5.56 Å². The number of fused-ring (bicyclic) bond motifs is 1. The van der Waals surface area contributed by atoms with Gasteiger partial charge in [-0.3, -0.25) is 4.79 Å². The van der Waals surface area contributed by atoms with Crippen LogP contribution in [0.5, 0.6) is 0 Å². The molecule has 0 bridgehead atoms. The molecular weight excluding hydrogens is 242 g/mol. The van der Waals surface area contributed by atoms with Crippen molar-refractivity contribution in [3.05, 3.63) is 46.4 Å². The van der Waals surface area contributed by atoms with Gasteiger partial charge in [-0.05, 0) is 44.4 Å². The predicted octanol–water partition coefficient (Wildman–Crippen LogP) is 2.76. The third-order valence-electron chi connectivity index (χ3n) is 3.00. The Bertz CT molecular complexity index is 671. The number of nitrogens with zero attached hydrogens (tertiary/aromatic N) is 1. The van der Waals surface area contributed by atoms with Crippen LogP contribution in [0.15, 0.2) is 35.3 Å². The maximum absolute atomic E-state index is 12.3. The molecular formula is C15H17NO3. The second-order valence-corrected chi connectivity index (χ2v) is 4.64. The first kappa shape index (κ1) is 13.3. The molecule has 0 atom stereocenters. The van der Waals surface area contributed by atoms with Crippen molar-refractivity contribution in [1.29, 1.82) is 0 Å². The van der Waals surface area contributed by atoms with Crippen molar-refractivity contribution >= 4 is 16.7 Å². The van der Waals surface area contributed by atoms with Crippen molar-refractivity contribution in [2.75, 3.05) is 6.61 Å². The Hall–Kier alpha value is -2.10. The lowest BCUT2D eigenvalue weighted by Gasteiger charge is -2.11. The van der Waals surface area contributed by atoms with E-state index in [0.717, 1.165) is 5.39 Å². The molecule has 0 radical (unpaired) electrons. The Balaban J connectivity index is 2.60. The highest BCUT2D eigenvalue weighted by Crippen LogP contribution is 2.14. The number of benzene rings is 1. The Morgan fingerprint density at radius 2 is 2.05 bits per heavy atom. The summed E-state index contributed by atoms with van der Waals surface area (Å²) >= 11 is 0. The molecule has 19 heavy (non-hydrogen) atoms. The second-order valence-electron chi connectivity index (χ2n) is 4.64. The van der Waals surface area contributed by atoms with Gasteiger partial charge in [0.15, 0.2) is 0 Å². The summed E-state index contributed by atoms with van der Waals surface area (Å²) < 4.78 is 6.60. The molecule has 2 rings (SSSR count). The van der Waals surface area contributed by atoms with Gasteiger partial charge in [0, 0.05) is 17.6 Å². The number of hydrogen-bond donors (Lipinski definition) is 0. The molecule has 0 spiro atoms. The first-order valence-electron chi connectivity index (χ1n) is 6.36. The van der Waals surface area contributed by atoms with Crippen LogP contribution in [-0.2, 0) is 4.74 Å². The molecule has 0 unspecified atom stereocenters. The minimum atomic E-state index is -0.399. The Labute approximate surface area is 111 Å². The predicted molar refractivity (Wildman–Crippen MR) is 74.5 cm³/mol. The summed E-state index contributed by atoms with van der Waals surface area (Å²) in [6, 6.07) is 7.02. The van der Waals surface area contributed by atoms with Gasteiger partial charge in [0.05, 0.1) is 12.2 Å². The smallest absolute Gasteiger partial charge is 0.338 e. The zero-order valence-corrected chi connectivity index (χ0v) is 11.3. The number of carbonyl (C=O) groups is 1. The third-order valence-corrected chi connectivity index (χ3v) is 3.00. The topological polar surface area (TPSA) is 48.3 Å². The average molecular weight is 259 g/mol. The van der Waals surface area contributed by atoms with E-state index in [1.54, 1.807) is 35.9 Å². The molecule has 4 nitrogen and oxygen atoms in total. The number of ether oxygens (including phenoxy) is 1. The lowest BCUT2D eigenvalue weighted by molar-refractivity contribution is 0.0526. The summed E-state index contributed by atoms with van der Waals surface area (Å²) in [5.41, 5.74) is 0.326. The summed E-state index contributed by atoms with van der Waals surface area (Å²) in [6.07, 6.45) is 1.78. The van der Waals surface area contributed by atoms with Crippen LogP contribution in [0.2, 0.25) is 0 Å². The normalized spacial score (nSPS) is 10.9. The van der Waals surface area contributed by atoms with E-state index in [1.807, 2.05) is 19.9 Å². The highest BCUT2D eigenvalue weighted by Gasteiger charge is 2.10.